The third kappa shape index (κ3) is 1.86. The summed E-state index contributed by atoms with van der Waals surface area (Å²) in [4.78, 5) is 6.86. The van der Waals surface area contributed by atoms with Gasteiger partial charge < -0.3 is 5.32 Å². The van der Waals surface area contributed by atoms with Crippen LogP contribution in [0.15, 0.2) is 12.4 Å². The van der Waals surface area contributed by atoms with E-state index in [1.807, 2.05) is 20.2 Å². The van der Waals surface area contributed by atoms with Crippen molar-refractivity contribution in [2.24, 2.45) is 7.05 Å². The third-order valence-electron chi connectivity index (χ3n) is 2.78. The van der Waals surface area contributed by atoms with Crippen molar-refractivity contribution in [2.75, 3.05) is 5.32 Å². The largest absolute Gasteiger partial charge is 0.362 e. The van der Waals surface area contributed by atoms with Gasteiger partial charge in [0.15, 0.2) is 10.8 Å². The van der Waals surface area contributed by atoms with E-state index >= 15 is 0 Å². The van der Waals surface area contributed by atoms with Crippen molar-refractivity contribution in [3.8, 4) is 0 Å². The fraction of sp³-hybridized carbons (Fsp3) is 0.364. The Morgan fingerprint density at radius 3 is 2.89 bits per heavy atom. The molecule has 1 N–H and O–H groups in total. The number of nitrogens with zero attached hydrogens (tertiary/aromatic N) is 5. The first-order valence-corrected chi connectivity index (χ1v) is 6.49. The number of aromatic nitrogens is 5. The third-order valence-corrected chi connectivity index (χ3v) is 3.68. The fourth-order valence-electron chi connectivity index (χ4n) is 1.92. The molecule has 0 atom stereocenters. The molecule has 0 saturated heterocycles. The van der Waals surface area contributed by atoms with Gasteiger partial charge in [-0.05, 0) is 13.8 Å². The van der Waals surface area contributed by atoms with Gasteiger partial charge >= 0.3 is 0 Å². The number of nitrogens with one attached hydrogen (secondary N) is 1. The minimum Gasteiger partial charge on any atom is -0.362 e. The van der Waals surface area contributed by atoms with Gasteiger partial charge in [-0.15, -0.1) is 16.4 Å². The normalized spacial score (nSPS) is 11.3. The van der Waals surface area contributed by atoms with E-state index < -0.39 is 0 Å². The van der Waals surface area contributed by atoms with Crippen LogP contribution in [0.5, 0.6) is 0 Å². The van der Waals surface area contributed by atoms with Crippen molar-refractivity contribution < 1.29 is 0 Å². The van der Waals surface area contributed by atoms with E-state index in [2.05, 4.69) is 38.1 Å². The number of fused-ring (bicyclic) bond motifs is 1. The van der Waals surface area contributed by atoms with Gasteiger partial charge in [0.2, 0.25) is 0 Å². The number of rotatable bonds is 3. The van der Waals surface area contributed by atoms with Crippen molar-refractivity contribution in [3.63, 3.8) is 0 Å². The molecule has 3 rings (SSSR count). The first-order valence-electron chi connectivity index (χ1n) is 5.67. The first-order chi connectivity index (χ1) is 8.63. The summed E-state index contributed by atoms with van der Waals surface area (Å²) in [6.07, 6.45) is 3.97. The minimum atomic E-state index is 0.696. The molecule has 0 fully saturated rings. The number of anilines is 1. The Morgan fingerprint density at radius 1 is 1.33 bits per heavy atom. The highest BCUT2D eigenvalue weighted by Crippen LogP contribution is 2.21. The SMILES string of the molecule is Cc1cn2c(CNc3cn(C)nn3)c(C)nc2s1. The van der Waals surface area contributed by atoms with Crippen molar-refractivity contribution >= 4 is 22.1 Å². The van der Waals surface area contributed by atoms with Crippen LogP contribution in [0.1, 0.15) is 16.3 Å². The number of aryl methyl sites for hydroxylation is 3. The highest BCUT2D eigenvalue weighted by molar-refractivity contribution is 7.17. The van der Waals surface area contributed by atoms with Crippen molar-refractivity contribution in [1.29, 1.82) is 0 Å². The monoisotopic (exact) mass is 262 g/mol. The lowest BCUT2D eigenvalue weighted by molar-refractivity contribution is 0.715. The van der Waals surface area contributed by atoms with Crippen LogP contribution in [0.25, 0.3) is 4.96 Å². The second kappa shape index (κ2) is 4.09. The molecular weight excluding hydrogens is 248 g/mol. The molecule has 0 aliphatic heterocycles. The summed E-state index contributed by atoms with van der Waals surface area (Å²) in [5.41, 5.74) is 2.22. The van der Waals surface area contributed by atoms with Crippen molar-refractivity contribution in [1.82, 2.24) is 24.4 Å². The predicted molar refractivity (Wildman–Crippen MR) is 70.9 cm³/mol. The van der Waals surface area contributed by atoms with Gasteiger partial charge in [-0.3, -0.25) is 9.08 Å². The van der Waals surface area contributed by atoms with Crippen LogP contribution in [0.2, 0.25) is 0 Å². The lowest BCUT2D eigenvalue weighted by Crippen LogP contribution is -2.03. The molecule has 3 heterocycles. The highest BCUT2D eigenvalue weighted by Gasteiger charge is 2.11. The molecule has 0 unspecified atom stereocenters. The molecule has 0 spiro atoms. The van der Waals surface area contributed by atoms with Gasteiger partial charge in [-0.2, -0.15) is 0 Å². The zero-order valence-electron chi connectivity index (χ0n) is 10.5. The maximum absolute atomic E-state index is 4.55. The van der Waals surface area contributed by atoms with E-state index in [4.69, 9.17) is 0 Å². The molecule has 0 saturated carbocycles. The maximum atomic E-state index is 4.55. The lowest BCUT2D eigenvalue weighted by atomic mass is 10.3. The number of imidazole rings is 1. The van der Waals surface area contributed by atoms with Crippen LogP contribution in [0.4, 0.5) is 5.82 Å². The number of hydrogen-bond acceptors (Lipinski definition) is 5. The zero-order chi connectivity index (χ0) is 12.7. The topological polar surface area (TPSA) is 60.0 Å². The predicted octanol–water partition coefficient (Wildman–Crippen LogP) is 1.75. The van der Waals surface area contributed by atoms with Crippen LogP contribution >= 0.6 is 11.3 Å². The summed E-state index contributed by atoms with van der Waals surface area (Å²) in [5.74, 6) is 0.777. The van der Waals surface area contributed by atoms with E-state index in [1.54, 1.807) is 16.0 Å². The van der Waals surface area contributed by atoms with Gasteiger partial charge in [0.1, 0.15) is 0 Å². The number of hydrogen-bond donors (Lipinski definition) is 1. The Hall–Kier alpha value is -1.89. The molecule has 94 valence electrons. The van der Waals surface area contributed by atoms with E-state index in [9.17, 15) is 0 Å². The van der Waals surface area contributed by atoms with Crippen LogP contribution in [0, 0.1) is 13.8 Å². The van der Waals surface area contributed by atoms with E-state index in [-0.39, 0.29) is 0 Å². The van der Waals surface area contributed by atoms with Gasteiger partial charge in [0.25, 0.3) is 0 Å². The Balaban J connectivity index is 1.87. The van der Waals surface area contributed by atoms with Gasteiger partial charge in [-0.25, -0.2) is 4.98 Å². The summed E-state index contributed by atoms with van der Waals surface area (Å²) < 4.78 is 3.81. The maximum Gasteiger partial charge on any atom is 0.194 e. The molecule has 6 nitrogen and oxygen atoms in total. The summed E-state index contributed by atoms with van der Waals surface area (Å²) in [6.45, 7) is 4.82. The van der Waals surface area contributed by atoms with E-state index in [1.165, 1.54) is 10.6 Å². The molecule has 0 bridgehead atoms. The van der Waals surface area contributed by atoms with Gasteiger partial charge in [0.05, 0.1) is 24.1 Å². The Labute approximate surface area is 108 Å². The molecular formula is C11H14N6S. The summed E-state index contributed by atoms with van der Waals surface area (Å²) >= 11 is 1.70. The van der Waals surface area contributed by atoms with Crippen LogP contribution in [-0.2, 0) is 13.6 Å². The van der Waals surface area contributed by atoms with E-state index in [0.29, 0.717) is 6.54 Å². The molecule has 18 heavy (non-hydrogen) atoms. The first kappa shape index (κ1) is 11.2. The van der Waals surface area contributed by atoms with Crippen molar-refractivity contribution in [2.45, 2.75) is 20.4 Å². The average Bonchev–Trinajstić information content (AvgIpc) is 2.92. The summed E-state index contributed by atoms with van der Waals surface area (Å²) in [6, 6.07) is 0. The molecule has 3 aromatic rings. The minimum absolute atomic E-state index is 0.696. The molecule has 7 heteroatoms. The van der Waals surface area contributed by atoms with Crippen molar-refractivity contribution in [3.05, 3.63) is 28.7 Å². The summed E-state index contributed by atoms with van der Waals surface area (Å²) in [5, 5.41) is 11.2. The summed E-state index contributed by atoms with van der Waals surface area (Å²) in [7, 11) is 1.85. The second-order valence-electron chi connectivity index (χ2n) is 4.27. The molecule has 0 aliphatic carbocycles. The molecule has 0 aromatic carbocycles. The average molecular weight is 262 g/mol. The highest BCUT2D eigenvalue weighted by atomic mass is 32.1. The van der Waals surface area contributed by atoms with Gasteiger partial charge in [-0.1, -0.05) is 5.21 Å². The Kier molecular flexibility index (Phi) is 2.55. The Morgan fingerprint density at radius 2 is 2.17 bits per heavy atom. The lowest BCUT2D eigenvalue weighted by Gasteiger charge is -2.02. The quantitative estimate of drug-likeness (QED) is 0.781. The van der Waals surface area contributed by atoms with Crippen LogP contribution < -0.4 is 5.32 Å². The smallest absolute Gasteiger partial charge is 0.194 e. The Bertz CT molecular complexity index is 692. The molecule has 0 radical (unpaired) electrons. The zero-order valence-corrected chi connectivity index (χ0v) is 11.3. The van der Waals surface area contributed by atoms with Crippen LogP contribution in [-0.4, -0.2) is 24.4 Å². The molecule has 0 aliphatic rings. The fourth-order valence-corrected chi connectivity index (χ4v) is 2.81. The second-order valence-corrected chi connectivity index (χ2v) is 5.48. The standard InChI is InChI=1S/C11H14N6S/c1-7-5-17-9(8(2)13-11(17)18-7)4-12-10-6-16(3)15-14-10/h5-6,12H,4H2,1-3H3. The van der Waals surface area contributed by atoms with Crippen LogP contribution in [0.3, 0.4) is 0 Å². The molecule has 0 amide bonds. The molecule has 3 aromatic heterocycles. The van der Waals surface area contributed by atoms with E-state index in [0.717, 1.165) is 16.5 Å². The van der Waals surface area contributed by atoms with Gasteiger partial charge in [0, 0.05) is 18.1 Å². The number of thiazole rings is 1.